The normalized spacial score (nSPS) is 13.7. The van der Waals surface area contributed by atoms with Gasteiger partial charge < -0.3 is 5.32 Å². The highest BCUT2D eigenvalue weighted by Crippen LogP contribution is 2.45. The van der Waals surface area contributed by atoms with Crippen LogP contribution in [0.4, 0.5) is 36.6 Å². The van der Waals surface area contributed by atoms with Gasteiger partial charge in [0.05, 0.1) is 22.8 Å². The van der Waals surface area contributed by atoms with Crippen molar-refractivity contribution in [3.05, 3.63) is 63.3 Å². The third-order valence-electron chi connectivity index (χ3n) is 4.95. The predicted molar refractivity (Wildman–Crippen MR) is 100 cm³/mol. The summed E-state index contributed by atoms with van der Waals surface area (Å²) >= 11 is 5.99. The van der Waals surface area contributed by atoms with Crippen LogP contribution in [0.1, 0.15) is 42.1 Å². The zero-order valence-electron chi connectivity index (χ0n) is 16.4. The lowest BCUT2D eigenvalue weighted by molar-refractivity contribution is -0.117. The van der Waals surface area contributed by atoms with Crippen LogP contribution in [-0.4, -0.2) is 25.5 Å². The Hall–Kier alpha value is -3.09. The molecule has 0 spiro atoms. The number of rotatable bonds is 7. The molecule has 3 aromatic rings. The first kappa shape index (κ1) is 23.1. The van der Waals surface area contributed by atoms with Crippen molar-refractivity contribution in [2.75, 3.05) is 5.32 Å². The van der Waals surface area contributed by atoms with Crippen molar-refractivity contribution < 1.29 is 35.5 Å². The molecule has 1 fully saturated rings. The summed E-state index contributed by atoms with van der Waals surface area (Å²) in [6, 6.07) is 1.21. The number of nitrogens with zero attached hydrogens (tertiary/aromatic N) is 4. The van der Waals surface area contributed by atoms with E-state index in [1.165, 1.54) is 6.07 Å². The van der Waals surface area contributed by atoms with Gasteiger partial charge in [0.2, 0.25) is 11.7 Å². The predicted octanol–water partition coefficient (Wildman–Crippen LogP) is 4.93. The number of benzene rings is 1. The topological polar surface area (TPSA) is 64.7 Å². The fourth-order valence-corrected chi connectivity index (χ4v) is 3.64. The fraction of sp³-hybridized carbons (Fsp3) is 0.316. The number of halogens is 8. The van der Waals surface area contributed by atoms with Crippen molar-refractivity contribution in [2.24, 2.45) is 0 Å². The lowest BCUT2D eigenvalue weighted by Crippen LogP contribution is -2.21. The first-order valence-corrected chi connectivity index (χ1v) is 9.84. The Morgan fingerprint density at radius 2 is 1.67 bits per heavy atom. The van der Waals surface area contributed by atoms with Gasteiger partial charge in [-0.1, -0.05) is 11.6 Å². The molecule has 1 aliphatic rings. The quantitative estimate of drug-likeness (QED) is 0.287. The molecule has 2 aromatic heterocycles. The number of alkyl halides is 2. The number of aromatic nitrogens is 4. The van der Waals surface area contributed by atoms with Gasteiger partial charge in [-0.15, -0.1) is 0 Å². The van der Waals surface area contributed by atoms with Crippen LogP contribution in [0.25, 0.3) is 0 Å². The maximum atomic E-state index is 13.8. The molecule has 176 valence electrons. The summed E-state index contributed by atoms with van der Waals surface area (Å²) in [6.45, 7) is -1.26. The zero-order valence-corrected chi connectivity index (χ0v) is 17.1. The van der Waals surface area contributed by atoms with E-state index >= 15 is 0 Å². The SMILES string of the molecule is O=C(Cn1nc(C(F)F)c(Cl)c1C1CC1)Nc1ccn(Cc2c(F)c(F)c(F)c(F)c2F)n1. The maximum absolute atomic E-state index is 13.8. The van der Waals surface area contributed by atoms with E-state index in [1.54, 1.807) is 0 Å². The molecule has 0 atom stereocenters. The van der Waals surface area contributed by atoms with Gasteiger partial charge in [0, 0.05) is 18.2 Å². The molecule has 0 radical (unpaired) electrons. The van der Waals surface area contributed by atoms with Gasteiger partial charge in [0.25, 0.3) is 6.43 Å². The second-order valence-corrected chi connectivity index (χ2v) is 7.69. The van der Waals surface area contributed by atoms with Gasteiger partial charge in [0.1, 0.15) is 12.2 Å². The summed E-state index contributed by atoms with van der Waals surface area (Å²) < 4.78 is 95.7. The molecule has 0 aliphatic heterocycles. The van der Waals surface area contributed by atoms with Crippen LogP contribution in [0.2, 0.25) is 5.02 Å². The molecule has 0 saturated heterocycles. The molecule has 14 heteroatoms. The van der Waals surface area contributed by atoms with Crippen molar-refractivity contribution in [3.63, 3.8) is 0 Å². The minimum absolute atomic E-state index is 0.0780. The molecular formula is C19H13ClF7N5O. The number of carbonyl (C=O) groups is 1. The molecule has 1 N–H and O–H groups in total. The first-order valence-electron chi connectivity index (χ1n) is 9.46. The monoisotopic (exact) mass is 495 g/mol. The van der Waals surface area contributed by atoms with Gasteiger partial charge >= 0.3 is 0 Å². The van der Waals surface area contributed by atoms with Gasteiger partial charge in [-0.25, -0.2) is 30.7 Å². The fourth-order valence-electron chi connectivity index (χ4n) is 3.27. The molecular weight excluding hydrogens is 483 g/mol. The van der Waals surface area contributed by atoms with Crippen LogP contribution < -0.4 is 5.32 Å². The number of anilines is 1. The van der Waals surface area contributed by atoms with Crippen LogP contribution in [0, 0.1) is 29.1 Å². The molecule has 1 amide bonds. The number of hydrogen-bond donors (Lipinski definition) is 1. The highest BCUT2D eigenvalue weighted by atomic mass is 35.5. The molecule has 1 aliphatic carbocycles. The van der Waals surface area contributed by atoms with E-state index in [0.29, 0.717) is 5.69 Å². The van der Waals surface area contributed by atoms with E-state index in [1.807, 2.05) is 0 Å². The van der Waals surface area contributed by atoms with Gasteiger partial charge in [-0.2, -0.15) is 10.2 Å². The standard InChI is InChI=1S/C19H13ClF7N5O/c20-11-17(19(26)27)30-32(18(11)7-1-2-7)6-10(33)28-9-3-4-31(29-9)5-8-12(21)14(23)16(25)15(24)13(8)22/h3-4,7,19H,1-2,5-6H2,(H,28,29,33). The van der Waals surface area contributed by atoms with Gasteiger partial charge in [0.15, 0.2) is 29.1 Å². The van der Waals surface area contributed by atoms with Crippen molar-refractivity contribution in [2.45, 2.75) is 38.3 Å². The largest absolute Gasteiger partial charge is 0.308 e. The highest BCUT2D eigenvalue weighted by molar-refractivity contribution is 6.32. The van der Waals surface area contributed by atoms with Crippen molar-refractivity contribution in [1.29, 1.82) is 0 Å². The Kier molecular flexibility index (Phi) is 6.08. The molecule has 1 aromatic carbocycles. The van der Waals surface area contributed by atoms with E-state index in [4.69, 9.17) is 11.6 Å². The van der Waals surface area contributed by atoms with Crippen LogP contribution in [0.3, 0.4) is 0 Å². The summed E-state index contributed by atoms with van der Waals surface area (Å²) in [7, 11) is 0. The third kappa shape index (κ3) is 4.41. The average molecular weight is 496 g/mol. The summed E-state index contributed by atoms with van der Waals surface area (Å²) in [4.78, 5) is 12.4. The summed E-state index contributed by atoms with van der Waals surface area (Å²) in [5, 5.41) is 9.69. The van der Waals surface area contributed by atoms with E-state index < -0.39 is 65.8 Å². The lowest BCUT2D eigenvalue weighted by atomic mass is 10.1. The minimum Gasteiger partial charge on any atom is -0.308 e. The molecule has 1 saturated carbocycles. The zero-order chi connectivity index (χ0) is 24.0. The maximum Gasteiger partial charge on any atom is 0.283 e. The number of hydrogen-bond acceptors (Lipinski definition) is 3. The molecule has 2 heterocycles. The number of carbonyl (C=O) groups excluding carboxylic acids is 1. The smallest absolute Gasteiger partial charge is 0.283 e. The third-order valence-corrected chi connectivity index (χ3v) is 5.34. The van der Waals surface area contributed by atoms with Crippen LogP contribution >= 0.6 is 11.6 Å². The average Bonchev–Trinajstić information content (AvgIpc) is 3.41. The Balaban J connectivity index is 1.48. The van der Waals surface area contributed by atoms with Gasteiger partial charge in [-0.05, 0) is 12.8 Å². The number of amides is 1. The summed E-state index contributed by atoms with van der Waals surface area (Å²) in [5.74, 6) is -11.3. The molecule has 33 heavy (non-hydrogen) atoms. The highest BCUT2D eigenvalue weighted by Gasteiger charge is 2.34. The van der Waals surface area contributed by atoms with Crippen molar-refractivity contribution in [3.8, 4) is 0 Å². The van der Waals surface area contributed by atoms with Crippen molar-refractivity contribution in [1.82, 2.24) is 19.6 Å². The first-order chi connectivity index (χ1) is 15.6. The lowest BCUT2D eigenvalue weighted by Gasteiger charge is -2.08. The Morgan fingerprint density at radius 3 is 2.24 bits per heavy atom. The Labute approximate surface area is 185 Å². The Bertz CT molecular complexity index is 1210. The summed E-state index contributed by atoms with van der Waals surface area (Å²) in [5.41, 5.74) is -1.40. The molecule has 0 bridgehead atoms. The molecule has 4 rings (SSSR count). The van der Waals surface area contributed by atoms with Crippen molar-refractivity contribution >= 4 is 23.3 Å². The Morgan fingerprint density at radius 1 is 1.06 bits per heavy atom. The van der Waals surface area contributed by atoms with Crippen LogP contribution in [0.5, 0.6) is 0 Å². The van der Waals surface area contributed by atoms with E-state index in [9.17, 15) is 35.5 Å². The van der Waals surface area contributed by atoms with Crippen LogP contribution in [0.15, 0.2) is 12.3 Å². The van der Waals surface area contributed by atoms with Gasteiger partial charge in [-0.3, -0.25) is 14.2 Å². The van der Waals surface area contributed by atoms with E-state index in [-0.39, 0.29) is 16.8 Å². The van der Waals surface area contributed by atoms with Crippen LogP contribution in [-0.2, 0) is 17.9 Å². The molecule has 0 unspecified atom stereocenters. The molecule has 6 nitrogen and oxygen atoms in total. The van der Waals surface area contributed by atoms with E-state index in [2.05, 4.69) is 15.5 Å². The van der Waals surface area contributed by atoms with E-state index in [0.717, 1.165) is 28.4 Å². The number of nitrogens with one attached hydrogen (secondary N) is 1. The second-order valence-electron chi connectivity index (χ2n) is 7.31. The second kappa shape index (κ2) is 8.69. The minimum atomic E-state index is -2.92. The summed E-state index contributed by atoms with van der Waals surface area (Å²) in [6.07, 6.45) is -0.338.